The molecule has 1 aromatic heterocycles. The maximum Gasteiger partial charge on any atom is 0.270 e. The molecule has 0 N–H and O–H groups in total. The van der Waals surface area contributed by atoms with Crippen molar-refractivity contribution >= 4 is 28.8 Å². The highest BCUT2D eigenvalue weighted by Gasteiger charge is 2.21. The standard InChI is InChI=1S/C11H9N3O4S2/c15-14(16)9-1-7-3-17-6-18-10(7)8(2-9)4-19-11-13-12-5-20-11/h1-2,5H,3-4,6H2. The van der Waals surface area contributed by atoms with Crippen molar-refractivity contribution in [3.8, 4) is 5.75 Å². The van der Waals surface area contributed by atoms with Gasteiger partial charge in [-0.1, -0.05) is 23.1 Å². The Morgan fingerprint density at radius 3 is 3.15 bits per heavy atom. The number of benzene rings is 1. The first kappa shape index (κ1) is 13.3. The molecule has 1 aliphatic rings. The predicted octanol–water partition coefficient (Wildman–Crippen LogP) is 2.61. The highest BCUT2D eigenvalue weighted by Crippen LogP contribution is 2.36. The molecule has 0 saturated carbocycles. The Morgan fingerprint density at radius 1 is 1.50 bits per heavy atom. The fourth-order valence-electron chi connectivity index (χ4n) is 1.86. The first-order chi connectivity index (χ1) is 9.74. The lowest BCUT2D eigenvalue weighted by atomic mass is 10.1. The smallest absolute Gasteiger partial charge is 0.270 e. The summed E-state index contributed by atoms with van der Waals surface area (Å²) in [5.41, 5.74) is 3.18. The number of rotatable bonds is 4. The molecule has 104 valence electrons. The molecular formula is C11H9N3O4S2. The van der Waals surface area contributed by atoms with Gasteiger partial charge in [-0.15, -0.1) is 10.2 Å². The quantitative estimate of drug-likeness (QED) is 0.487. The zero-order valence-corrected chi connectivity index (χ0v) is 11.8. The number of nitro groups is 1. The lowest BCUT2D eigenvalue weighted by molar-refractivity contribution is -0.385. The van der Waals surface area contributed by atoms with Gasteiger partial charge in [-0.3, -0.25) is 10.1 Å². The van der Waals surface area contributed by atoms with Gasteiger partial charge >= 0.3 is 0 Å². The van der Waals surface area contributed by atoms with Crippen LogP contribution in [0.5, 0.6) is 5.75 Å². The molecule has 0 radical (unpaired) electrons. The molecule has 9 heteroatoms. The Hall–Kier alpha value is -1.71. The highest BCUT2D eigenvalue weighted by atomic mass is 32.2. The molecule has 0 aliphatic carbocycles. The second-order valence-corrected chi connectivity index (χ2v) is 6.01. The lowest BCUT2D eigenvalue weighted by Gasteiger charge is -2.20. The van der Waals surface area contributed by atoms with Crippen molar-refractivity contribution in [2.45, 2.75) is 16.7 Å². The number of thioether (sulfide) groups is 1. The summed E-state index contributed by atoms with van der Waals surface area (Å²) in [7, 11) is 0. The van der Waals surface area contributed by atoms with Crippen LogP contribution in [0.25, 0.3) is 0 Å². The van der Waals surface area contributed by atoms with Gasteiger partial charge in [0.2, 0.25) is 0 Å². The number of aromatic nitrogens is 2. The Balaban J connectivity index is 1.90. The van der Waals surface area contributed by atoms with Crippen LogP contribution in [0.15, 0.2) is 22.0 Å². The van der Waals surface area contributed by atoms with Crippen molar-refractivity contribution < 1.29 is 14.4 Å². The molecular weight excluding hydrogens is 302 g/mol. The van der Waals surface area contributed by atoms with Gasteiger partial charge in [-0.25, -0.2) is 0 Å². The van der Waals surface area contributed by atoms with Gasteiger partial charge in [0.25, 0.3) is 5.69 Å². The first-order valence-electron chi connectivity index (χ1n) is 5.64. The van der Waals surface area contributed by atoms with Crippen LogP contribution in [0.2, 0.25) is 0 Å². The number of hydrogen-bond donors (Lipinski definition) is 0. The Labute approximate surface area is 122 Å². The Bertz CT molecular complexity index is 633. The maximum atomic E-state index is 11.0. The van der Waals surface area contributed by atoms with Crippen molar-refractivity contribution in [2.24, 2.45) is 0 Å². The van der Waals surface area contributed by atoms with Crippen molar-refractivity contribution in [2.75, 3.05) is 6.79 Å². The van der Waals surface area contributed by atoms with E-state index in [0.29, 0.717) is 23.7 Å². The van der Waals surface area contributed by atoms with E-state index in [1.54, 1.807) is 5.51 Å². The number of fused-ring (bicyclic) bond motifs is 1. The van der Waals surface area contributed by atoms with Gasteiger partial charge in [0.15, 0.2) is 11.1 Å². The fourth-order valence-corrected chi connectivity index (χ4v) is 3.31. The van der Waals surface area contributed by atoms with E-state index in [9.17, 15) is 10.1 Å². The minimum Gasteiger partial charge on any atom is -0.467 e. The average molecular weight is 311 g/mol. The normalized spacial score (nSPS) is 13.6. The van der Waals surface area contributed by atoms with Gasteiger partial charge < -0.3 is 9.47 Å². The zero-order chi connectivity index (χ0) is 13.9. The molecule has 3 rings (SSSR count). The molecule has 1 aliphatic heterocycles. The number of hydrogen-bond acceptors (Lipinski definition) is 8. The van der Waals surface area contributed by atoms with E-state index in [-0.39, 0.29) is 12.5 Å². The molecule has 7 nitrogen and oxygen atoms in total. The molecule has 0 atom stereocenters. The van der Waals surface area contributed by atoms with E-state index in [4.69, 9.17) is 9.47 Å². The summed E-state index contributed by atoms with van der Waals surface area (Å²) in [6, 6.07) is 3.03. The molecule has 20 heavy (non-hydrogen) atoms. The summed E-state index contributed by atoms with van der Waals surface area (Å²) in [6.07, 6.45) is 0. The largest absolute Gasteiger partial charge is 0.467 e. The van der Waals surface area contributed by atoms with Crippen LogP contribution >= 0.6 is 23.1 Å². The van der Waals surface area contributed by atoms with Crippen LogP contribution in [0, 0.1) is 10.1 Å². The molecule has 0 spiro atoms. The summed E-state index contributed by atoms with van der Waals surface area (Å²) in [4.78, 5) is 10.6. The van der Waals surface area contributed by atoms with E-state index in [0.717, 1.165) is 9.90 Å². The van der Waals surface area contributed by atoms with E-state index in [2.05, 4.69) is 10.2 Å². The summed E-state index contributed by atoms with van der Waals surface area (Å²) >= 11 is 2.91. The molecule has 2 aromatic rings. The number of non-ortho nitro benzene ring substituents is 1. The predicted molar refractivity (Wildman–Crippen MR) is 72.9 cm³/mol. The SMILES string of the molecule is O=[N+]([O-])c1cc2c(c(CSc3nncs3)c1)OCOC2. The minimum absolute atomic E-state index is 0.0470. The van der Waals surface area contributed by atoms with Gasteiger partial charge in [-0.05, 0) is 0 Å². The minimum atomic E-state index is -0.409. The number of ether oxygens (including phenoxy) is 2. The van der Waals surface area contributed by atoms with Gasteiger partial charge in [0, 0.05) is 29.0 Å². The first-order valence-corrected chi connectivity index (χ1v) is 7.50. The van der Waals surface area contributed by atoms with Gasteiger partial charge in [0.05, 0.1) is 11.5 Å². The van der Waals surface area contributed by atoms with Crippen LogP contribution in [-0.2, 0) is 17.1 Å². The molecule has 0 unspecified atom stereocenters. The second-order valence-electron chi connectivity index (χ2n) is 3.95. The molecule has 0 amide bonds. The summed E-state index contributed by atoms with van der Waals surface area (Å²) < 4.78 is 11.4. The zero-order valence-electron chi connectivity index (χ0n) is 10.1. The van der Waals surface area contributed by atoms with Crippen LogP contribution in [0.3, 0.4) is 0 Å². The van der Waals surface area contributed by atoms with Gasteiger partial charge in [0.1, 0.15) is 11.3 Å². The van der Waals surface area contributed by atoms with Crippen LogP contribution in [-0.4, -0.2) is 21.9 Å². The lowest BCUT2D eigenvalue weighted by Crippen LogP contribution is -2.13. The highest BCUT2D eigenvalue weighted by molar-refractivity contribution is 8.00. The van der Waals surface area contributed by atoms with Crippen molar-refractivity contribution in [3.05, 3.63) is 38.9 Å². The summed E-state index contributed by atoms with van der Waals surface area (Å²) in [5.74, 6) is 1.22. The Kier molecular flexibility index (Phi) is 3.81. The average Bonchev–Trinajstić information content (AvgIpc) is 2.97. The van der Waals surface area contributed by atoms with Crippen molar-refractivity contribution in [1.82, 2.24) is 10.2 Å². The molecule has 0 saturated heterocycles. The van der Waals surface area contributed by atoms with Crippen molar-refractivity contribution in [3.63, 3.8) is 0 Å². The summed E-state index contributed by atoms with van der Waals surface area (Å²) in [6.45, 7) is 0.495. The topological polar surface area (TPSA) is 87.4 Å². The maximum absolute atomic E-state index is 11.0. The summed E-state index contributed by atoms with van der Waals surface area (Å²) in [5, 5.41) is 18.7. The molecule has 0 fully saturated rings. The Morgan fingerprint density at radius 2 is 2.40 bits per heavy atom. The number of nitrogens with zero attached hydrogens (tertiary/aromatic N) is 3. The molecule has 0 bridgehead atoms. The molecule has 1 aromatic carbocycles. The van der Waals surface area contributed by atoms with E-state index in [1.807, 2.05) is 0 Å². The monoisotopic (exact) mass is 311 g/mol. The fraction of sp³-hybridized carbons (Fsp3) is 0.273. The van der Waals surface area contributed by atoms with E-state index in [1.165, 1.54) is 35.2 Å². The van der Waals surface area contributed by atoms with E-state index < -0.39 is 4.92 Å². The van der Waals surface area contributed by atoms with Crippen LogP contribution in [0.1, 0.15) is 11.1 Å². The van der Waals surface area contributed by atoms with E-state index >= 15 is 0 Å². The third-order valence-corrected chi connectivity index (χ3v) is 4.58. The van der Waals surface area contributed by atoms with Crippen LogP contribution < -0.4 is 4.74 Å². The third kappa shape index (κ3) is 2.74. The second kappa shape index (κ2) is 5.73. The number of nitro benzene ring substituents is 1. The van der Waals surface area contributed by atoms with Crippen LogP contribution in [0.4, 0.5) is 5.69 Å². The van der Waals surface area contributed by atoms with Gasteiger partial charge in [-0.2, -0.15) is 0 Å². The third-order valence-electron chi connectivity index (χ3n) is 2.67. The molecule has 2 heterocycles. The van der Waals surface area contributed by atoms with Crippen molar-refractivity contribution in [1.29, 1.82) is 0 Å².